The highest BCUT2D eigenvalue weighted by molar-refractivity contribution is 7.98. The van der Waals surface area contributed by atoms with Gasteiger partial charge in [-0.1, -0.05) is 11.6 Å². The Bertz CT molecular complexity index is 961. The Hall–Kier alpha value is -2.29. The van der Waals surface area contributed by atoms with Crippen molar-refractivity contribution in [1.29, 1.82) is 0 Å². The molecule has 2 rings (SSSR count). The van der Waals surface area contributed by atoms with E-state index in [-0.39, 0.29) is 33.1 Å². The number of rotatable bonds is 6. The summed E-state index contributed by atoms with van der Waals surface area (Å²) in [7, 11) is -3.19. The molecule has 4 N–H and O–H groups in total. The molecule has 2 aromatic carbocycles. The second-order valence-electron chi connectivity index (χ2n) is 5.77. The molecule has 6 nitrogen and oxygen atoms in total. The van der Waals surface area contributed by atoms with Gasteiger partial charge in [0.15, 0.2) is 11.6 Å². The minimum Gasteiger partial charge on any atom is -0.491 e. The van der Waals surface area contributed by atoms with Gasteiger partial charge in [-0.15, -0.1) is 0 Å². The summed E-state index contributed by atoms with van der Waals surface area (Å²) in [5.74, 6) is 1.92. The van der Waals surface area contributed by atoms with Crippen molar-refractivity contribution in [3.8, 4) is 17.2 Å². The summed E-state index contributed by atoms with van der Waals surface area (Å²) in [6.45, 7) is 3.61. The lowest BCUT2D eigenvalue weighted by Gasteiger charge is -2.14. The van der Waals surface area contributed by atoms with Crippen molar-refractivity contribution in [1.82, 2.24) is 0 Å². The van der Waals surface area contributed by atoms with Gasteiger partial charge in [-0.05, 0) is 37.9 Å². The molecule has 0 aliphatic carbocycles. The third-order valence-electron chi connectivity index (χ3n) is 3.12. The van der Waals surface area contributed by atoms with Gasteiger partial charge in [0.25, 0.3) is 0 Å². The number of primary amides is 1. The number of halogens is 2. The first-order chi connectivity index (χ1) is 12.0. The zero-order valence-corrected chi connectivity index (χ0v) is 15.7. The minimum atomic E-state index is -3.19. The second kappa shape index (κ2) is 7.53. The Morgan fingerprint density at radius 2 is 1.85 bits per heavy atom. The van der Waals surface area contributed by atoms with Crippen LogP contribution in [0.1, 0.15) is 24.2 Å². The van der Waals surface area contributed by atoms with Crippen LogP contribution < -0.4 is 20.3 Å². The highest BCUT2D eigenvalue weighted by atomic mass is 35.5. The van der Waals surface area contributed by atoms with E-state index in [1.807, 2.05) is 0 Å². The molecule has 0 fully saturated rings. The van der Waals surface area contributed by atoms with Gasteiger partial charge in [-0.3, -0.25) is 9.93 Å². The summed E-state index contributed by atoms with van der Waals surface area (Å²) in [5, 5.41) is 5.34. The Labute approximate surface area is 156 Å². The van der Waals surface area contributed by atoms with Gasteiger partial charge in [-0.25, -0.2) is 8.60 Å². The summed E-state index contributed by atoms with van der Waals surface area (Å²) in [6, 6.07) is 6.29. The van der Waals surface area contributed by atoms with Crippen LogP contribution in [0.5, 0.6) is 17.2 Å². The topological polar surface area (TPSA) is 105 Å². The second-order valence-corrected chi connectivity index (χ2v) is 8.06. The van der Waals surface area contributed by atoms with Gasteiger partial charge < -0.3 is 15.2 Å². The molecule has 0 saturated carbocycles. The van der Waals surface area contributed by atoms with Crippen molar-refractivity contribution in [3.05, 3.63) is 46.7 Å². The fourth-order valence-electron chi connectivity index (χ4n) is 2.09. The fraction of sp³-hybridized carbons (Fsp3) is 0.176. The zero-order valence-electron chi connectivity index (χ0n) is 14.1. The van der Waals surface area contributed by atoms with E-state index in [1.54, 1.807) is 13.8 Å². The van der Waals surface area contributed by atoms with Crippen LogP contribution in [0.4, 0.5) is 4.39 Å². The predicted octanol–water partition coefficient (Wildman–Crippen LogP) is 3.11. The molecule has 2 aromatic rings. The maximum Gasteiger partial charge on any atom is 0.248 e. The smallest absolute Gasteiger partial charge is 0.248 e. The van der Waals surface area contributed by atoms with Gasteiger partial charge in [-0.2, -0.15) is 0 Å². The average molecular weight is 401 g/mol. The number of carbonyl (C=O) groups excluding carboxylic acids is 1. The Kier molecular flexibility index (Phi) is 5.80. The monoisotopic (exact) mass is 400 g/mol. The van der Waals surface area contributed by atoms with E-state index in [4.69, 9.17) is 31.9 Å². The number of ether oxygens (including phenoxy) is 2. The number of nitrogens with two attached hydrogens (primary N) is 2. The van der Waals surface area contributed by atoms with E-state index in [0.717, 1.165) is 12.1 Å². The SMILES string of the molecule is C=S(N)(=O)c1cc(F)c(Oc2cc(OC(C)C)cc(C(N)=O)c2)cc1Cl. The first-order valence-corrected chi connectivity index (χ1v) is 9.57. The molecule has 0 aliphatic heterocycles. The molecule has 0 spiro atoms. The normalized spacial score (nSPS) is 13.3. The van der Waals surface area contributed by atoms with Crippen LogP contribution in [0, 0.1) is 5.82 Å². The van der Waals surface area contributed by atoms with Crippen molar-refractivity contribution < 1.29 is 22.9 Å². The van der Waals surface area contributed by atoms with Crippen LogP contribution in [0.2, 0.25) is 5.02 Å². The first-order valence-electron chi connectivity index (χ1n) is 7.41. The number of amides is 1. The first kappa shape index (κ1) is 20.0. The minimum absolute atomic E-state index is 0.0615. The van der Waals surface area contributed by atoms with Gasteiger partial charge in [0.2, 0.25) is 5.91 Å². The third kappa shape index (κ3) is 4.87. The summed E-state index contributed by atoms with van der Waals surface area (Å²) >= 11 is 5.99. The van der Waals surface area contributed by atoms with Crippen LogP contribution in [0.3, 0.4) is 0 Å². The van der Waals surface area contributed by atoms with Crippen molar-refractivity contribution >= 4 is 33.1 Å². The highest BCUT2D eigenvalue weighted by Gasteiger charge is 2.16. The largest absolute Gasteiger partial charge is 0.491 e. The van der Waals surface area contributed by atoms with Crippen LogP contribution in [-0.2, 0) is 9.71 Å². The molecule has 0 radical (unpaired) electrons. The number of benzene rings is 2. The van der Waals surface area contributed by atoms with E-state index in [2.05, 4.69) is 5.87 Å². The molecule has 0 saturated heterocycles. The standard InChI is InChI=1S/C17H18ClFN2O4S/c1-9(2)24-11-4-10(17(20)22)5-12(6-11)25-15-7-13(18)16(8-14(15)19)26(3,21)23/h4-9H,3H2,1-2H3,(H2,20,22)(H2,21,23). The zero-order chi connectivity index (χ0) is 19.6. The Morgan fingerprint density at radius 1 is 1.23 bits per heavy atom. The van der Waals surface area contributed by atoms with Gasteiger partial charge in [0, 0.05) is 17.7 Å². The molecule has 0 heterocycles. The van der Waals surface area contributed by atoms with Crippen LogP contribution >= 0.6 is 11.6 Å². The molecular formula is C17H18ClFN2O4S. The summed E-state index contributed by atoms with van der Waals surface area (Å²) in [6.07, 6.45) is -0.161. The molecule has 1 unspecified atom stereocenters. The van der Waals surface area contributed by atoms with E-state index in [9.17, 15) is 13.4 Å². The predicted molar refractivity (Wildman–Crippen MR) is 99.9 cm³/mol. The van der Waals surface area contributed by atoms with Gasteiger partial charge >= 0.3 is 0 Å². The van der Waals surface area contributed by atoms with Crippen LogP contribution in [-0.4, -0.2) is 22.1 Å². The number of carbonyl (C=O) groups is 1. The van der Waals surface area contributed by atoms with Crippen molar-refractivity contribution in [3.63, 3.8) is 0 Å². The molecule has 0 aromatic heterocycles. The summed E-state index contributed by atoms with van der Waals surface area (Å²) in [4.78, 5) is 11.4. The average Bonchev–Trinajstić information content (AvgIpc) is 2.48. The quantitative estimate of drug-likeness (QED) is 0.727. The maximum atomic E-state index is 14.3. The van der Waals surface area contributed by atoms with Crippen molar-refractivity contribution in [2.45, 2.75) is 24.8 Å². The molecule has 0 bridgehead atoms. The lowest BCUT2D eigenvalue weighted by Crippen LogP contribution is -2.13. The molecule has 140 valence electrons. The van der Waals surface area contributed by atoms with Gasteiger partial charge in [0.1, 0.15) is 11.5 Å². The van der Waals surface area contributed by atoms with E-state index in [1.165, 1.54) is 18.2 Å². The van der Waals surface area contributed by atoms with Crippen LogP contribution in [0.15, 0.2) is 35.2 Å². The fourth-order valence-corrected chi connectivity index (χ4v) is 3.33. The molecule has 9 heteroatoms. The Morgan fingerprint density at radius 3 is 2.38 bits per heavy atom. The number of hydrogen-bond acceptors (Lipinski definition) is 4. The molecular weight excluding hydrogens is 383 g/mol. The van der Waals surface area contributed by atoms with Crippen molar-refractivity contribution in [2.75, 3.05) is 0 Å². The molecule has 1 atom stereocenters. The molecule has 26 heavy (non-hydrogen) atoms. The maximum absolute atomic E-state index is 14.3. The van der Waals surface area contributed by atoms with E-state index >= 15 is 0 Å². The Balaban J connectivity index is 2.46. The third-order valence-corrected chi connectivity index (χ3v) is 4.63. The van der Waals surface area contributed by atoms with Crippen LogP contribution in [0.25, 0.3) is 0 Å². The molecule has 1 amide bonds. The summed E-state index contributed by atoms with van der Waals surface area (Å²) < 4.78 is 37.1. The van der Waals surface area contributed by atoms with Gasteiger partial charge in [0.05, 0.1) is 25.7 Å². The van der Waals surface area contributed by atoms with E-state index in [0.29, 0.717) is 5.75 Å². The lowest BCUT2D eigenvalue weighted by atomic mass is 10.2. The number of hydrogen-bond donors (Lipinski definition) is 2. The van der Waals surface area contributed by atoms with E-state index < -0.39 is 21.4 Å². The lowest BCUT2D eigenvalue weighted by molar-refractivity contribution is 0.0999. The highest BCUT2D eigenvalue weighted by Crippen LogP contribution is 2.33. The summed E-state index contributed by atoms with van der Waals surface area (Å²) in [5.41, 5.74) is 5.43. The molecule has 0 aliphatic rings. The van der Waals surface area contributed by atoms with Crippen molar-refractivity contribution in [2.24, 2.45) is 10.9 Å².